The fraction of sp³-hybridized carbons (Fsp3) is 0. The molecule has 0 aliphatic rings. The van der Waals surface area contributed by atoms with Gasteiger partial charge in [-0.05, 0) is 65.1 Å². The first-order valence-electron chi connectivity index (χ1n) is 6.40. The van der Waals surface area contributed by atoms with Gasteiger partial charge in [0.2, 0.25) is 0 Å². The Morgan fingerprint density at radius 3 is 2.68 bits per heavy atom. The number of carbonyl (C=O) groups is 1. The number of aromatic nitrogens is 1. The Balaban J connectivity index is 1.77. The Morgan fingerprint density at radius 1 is 1.18 bits per heavy atom. The summed E-state index contributed by atoms with van der Waals surface area (Å²) < 4.78 is 13.9. The largest absolute Gasteiger partial charge is 0.298 e. The highest BCUT2D eigenvalue weighted by Gasteiger charge is 2.10. The minimum Gasteiger partial charge on any atom is -0.298 e. The number of anilines is 1. The molecule has 0 aliphatic heterocycles. The molecular formula is C16H10FIN2OS. The highest BCUT2D eigenvalue weighted by molar-refractivity contribution is 14.1. The number of rotatable bonds is 3. The summed E-state index contributed by atoms with van der Waals surface area (Å²) in [4.78, 5) is 16.5. The number of hydrogen-bond donors (Lipinski definition) is 1. The number of nitrogens with zero attached hydrogens (tertiary/aromatic N) is 1. The second kappa shape index (κ2) is 6.53. The number of thiazole rings is 1. The fourth-order valence-electron chi connectivity index (χ4n) is 1.88. The molecule has 1 aromatic heterocycles. The van der Waals surface area contributed by atoms with E-state index < -0.39 is 0 Å². The number of nitrogens with one attached hydrogen (secondary N) is 1. The molecule has 0 atom stereocenters. The Labute approximate surface area is 144 Å². The molecule has 1 N–H and O–H groups in total. The summed E-state index contributed by atoms with van der Waals surface area (Å²) in [7, 11) is 0. The van der Waals surface area contributed by atoms with Crippen molar-refractivity contribution in [2.45, 2.75) is 0 Å². The van der Waals surface area contributed by atoms with Crippen LogP contribution in [0.25, 0.3) is 11.3 Å². The van der Waals surface area contributed by atoms with Crippen LogP contribution in [0.1, 0.15) is 10.4 Å². The van der Waals surface area contributed by atoms with Crippen molar-refractivity contribution in [1.29, 1.82) is 0 Å². The number of hydrogen-bond acceptors (Lipinski definition) is 3. The molecule has 0 fully saturated rings. The zero-order valence-corrected chi connectivity index (χ0v) is 14.2. The van der Waals surface area contributed by atoms with E-state index in [1.54, 1.807) is 18.2 Å². The molecule has 110 valence electrons. The van der Waals surface area contributed by atoms with Crippen LogP contribution in [0.4, 0.5) is 9.52 Å². The van der Waals surface area contributed by atoms with Crippen LogP contribution in [0, 0.1) is 9.39 Å². The van der Waals surface area contributed by atoms with Crippen molar-refractivity contribution in [1.82, 2.24) is 4.98 Å². The molecule has 0 unspecified atom stereocenters. The van der Waals surface area contributed by atoms with Crippen LogP contribution < -0.4 is 5.32 Å². The van der Waals surface area contributed by atoms with Gasteiger partial charge in [-0.1, -0.05) is 6.07 Å². The van der Waals surface area contributed by atoms with Crippen molar-refractivity contribution in [3.05, 3.63) is 68.9 Å². The van der Waals surface area contributed by atoms with Crippen LogP contribution >= 0.6 is 33.9 Å². The molecule has 1 heterocycles. The van der Waals surface area contributed by atoms with Gasteiger partial charge < -0.3 is 0 Å². The number of halogens is 2. The van der Waals surface area contributed by atoms with Crippen LogP contribution in [0.5, 0.6) is 0 Å². The maximum Gasteiger partial charge on any atom is 0.257 e. The highest BCUT2D eigenvalue weighted by Crippen LogP contribution is 2.25. The molecule has 1 amide bonds. The smallest absolute Gasteiger partial charge is 0.257 e. The van der Waals surface area contributed by atoms with Gasteiger partial charge in [-0.2, -0.15) is 0 Å². The van der Waals surface area contributed by atoms with Gasteiger partial charge in [-0.25, -0.2) is 9.37 Å². The summed E-state index contributed by atoms with van der Waals surface area (Å²) in [6.45, 7) is 0. The van der Waals surface area contributed by atoms with Gasteiger partial charge in [0.15, 0.2) is 5.13 Å². The van der Waals surface area contributed by atoms with Crippen molar-refractivity contribution in [2.75, 3.05) is 5.32 Å². The minimum atomic E-state index is -0.286. The first kappa shape index (κ1) is 15.1. The van der Waals surface area contributed by atoms with Crippen LogP contribution in [0.2, 0.25) is 0 Å². The average molecular weight is 424 g/mol. The monoisotopic (exact) mass is 424 g/mol. The molecule has 0 saturated heterocycles. The number of carbonyl (C=O) groups excluding carboxylic acids is 1. The molecule has 3 rings (SSSR count). The van der Waals surface area contributed by atoms with Crippen molar-refractivity contribution < 1.29 is 9.18 Å². The normalized spacial score (nSPS) is 10.5. The Bertz CT molecular complexity index is 817. The summed E-state index contributed by atoms with van der Waals surface area (Å²) >= 11 is 3.50. The highest BCUT2D eigenvalue weighted by atomic mass is 127. The van der Waals surface area contributed by atoms with Gasteiger partial charge in [-0.15, -0.1) is 11.3 Å². The number of benzene rings is 2. The molecular weight excluding hydrogens is 414 g/mol. The Kier molecular flexibility index (Phi) is 4.49. The molecule has 0 radical (unpaired) electrons. The summed E-state index contributed by atoms with van der Waals surface area (Å²) in [5.74, 6) is -0.482. The number of amides is 1. The maximum atomic E-state index is 12.9. The SMILES string of the molecule is O=C(Nc1nc(-c2ccc(F)cc2)cs1)c1cccc(I)c1. The first-order valence-corrected chi connectivity index (χ1v) is 8.36. The van der Waals surface area contributed by atoms with E-state index in [2.05, 4.69) is 32.9 Å². The summed E-state index contributed by atoms with van der Waals surface area (Å²) in [5, 5.41) is 5.13. The first-order chi connectivity index (χ1) is 10.6. The van der Waals surface area contributed by atoms with Crippen LogP contribution in [-0.2, 0) is 0 Å². The quantitative estimate of drug-likeness (QED) is 0.614. The molecule has 6 heteroatoms. The fourth-order valence-corrected chi connectivity index (χ4v) is 3.14. The van der Waals surface area contributed by atoms with Crippen LogP contribution in [0.15, 0.2) is 53.9 Å². The predicted octanol–water partition coefficient (Wildman–Crippen LogP) is 4.81. The lowest BCUT2D eigenvalue weighted by Gasteiger charge is -2.02. The third kappa shape index (κ3) is 3.50. The van der Waals surface area contributed by atoms with Gasteiger partial charge in [-0.3, -0.25) is 10.1 Å². The van der Waals surface area contributed by atoms with E-state index in [1.807, 2.05) is 23.6 Å². The van der Waals surface area contributed by atoms with E-state index >= 15 is 0 Å². The molecule has 3 nitrogen and oxygen atoms in total. The summed E-state index contributed by atoms with van der Waals surface area (Å²) in [5.41, 5.74) is 2.11. The van der Waals surface area contributed by atoms with Gasteiger partial charge >= 0.3 is 0 Å². The molecule has 0 bridgehead atoms. The van der Waals surface area contributed by atoms with E-state index in [0.29, 0.717) is 16.4 Å². The second-order valence-electron chi connectivity index (χ2n) is 4.51. The van der Waals surface area contributed by atoms with Crippen LogP contribution in [0.3, 0.4) is 0 Å². The molecule has 0 saturated carbocycles. The lowest BCUT2D eigenvalue weighted by Crippen LogP contribution is -2.11. The van der Waals surface area contributed by atoms with Crippen molar-refractivity contribution in [3.8, 4) is 11.3 Å². The van der Waals surface area contributed by atoms with E-state index in [9.17, 15) is 9.18 Å². The maximum absolute atomic E-state index is 12.9. The van der Waals surface area contributed by atoms with E-state index in [-0.39, 0.29) is 11.7 Å². The van der Waals surface area contributed by atoms with E-state index in [0.717, 1.165) is 9.13 Å². The molecule has 3 aromatic rings. The molecule has 0 aliphatic carbocycles. The zero-order chi connectivity index (χ0) is 15.5. The zero-order valence-electron chi connectivity index (χ0n) is 11.2. The Morgan fingerprint density at radius 2 is 1.95 bits per heavy atom. The molecule has 2 aromatic carbocycles. The van der Waals surface area contributed by atoms with Crippen molar-refractivity contribution >= 4 is 45.0 Å². The minimum absolute atomic E-state index is 0.196. The van der Waals surface area contributed by atoms with E-state index in [4.69, 9.17) is 0 Å². The van der Waals surface area contributed by atoms with Gasteiger partial charge in [0.25, 0.3) is 5.91 Å². The van der Waals surface area contributed by atoms with Gasteiger partial charge in [0.05, 0.1) is 5.69 Å². The van der Waals surface area contributed by atoms with E-state index in [1.165, 1.54) is 23.5 Å². The predicted molar refractivity (Wildman–Crippen MR) is 94.6 cm³/mol. The van der Waals surface area contributed by atoms with Crippen LogP contribution in [-0.4, -0.2) is 10.9 Å². The van der Waals surface area contributed by atoms with Gasteiger partial charge in [0, 0.05) is 20.1 Å². The summed E-state index contributed by atoms with van der Waals surface area (Å²) in [6, 6.07) is 13.4. The van der Waals surface area contributed by atoms with Gasteiger partial charge in [0.1, 0.15) is 5.82 Å². The third-order valence-corrected chi connectivity index (χ3v) is 4.38. The lowest BCUT2D eigenvalue weighted by atomic mass is 10.2. The second-order valence-corrected chi connectivity index (χ2v) is 6.61. The molecule has 0 spiro atoms. The third-order valence-electron chi connectivity index (χ3n) is 2.95. The van der Waals surface area contributed by atoms with Crippen molar-refractivity contribution in [3.63, 3.8) is 0 Å². The standard InChI is InChI=1S/C16H10FIN2OS/c17-12-6-4-10(5-7-12)14-9-22-16(19-14)20-15(21)11-2-1-3-13(18)8-11/h1-9H,(H,19,20,21). The molecule has 22 heavy (non-hydrogen) atoms. The average Bonchev–Trinajstić information content (AvgIpc) is 2.96. The topological polar surface area (TPSA) is 42.0 Å². The Hall–Kier alpha value is -1.80. The lowest BCUT2D eigenvalue weighted by molar-refractivity contribution is 0.102. The van der Waals surface area contributed by atoms with Crippen molar-refractivity contribution in [2.24, 2.45) is 0 Å². The summed E-state index contributed by atoms with van der Waals surface area (Å²) in [6.07, 6.45) is 0.